The van der Waals surface area contributed by atoms with Crippen LogP contribution in [0.3, 0.4) is 0 Å². The summed E-state index contributed by atoms with van der Waals surface area (Å²) in [7, 11) is 0. The fourth-order valence-electron chi connectivity index (χ4n) is 1.27. The third-order valence-corrected chi connectivity index (χ3v) is 4.39. The van der Waals surface area contributed by atoms with Gasteiger partial charge in [-0.3, -0.25) is 0 Å². The molecule has 0 fully saturated rings. The van der Waals surface area contributed by atoms with Gasteiger partial charge >= 0.3 is 0 Å². The Morgan fingerprint density at radius 3 is 2.92 bits per heavy atom. The Bertz CT molecular complexity index is 450. The van der Waals surface area contributed by atoms with Gasteiger partial charge in [-0.25, -0.2) is 0 Å². The van der Waals surface area contributed by atoms with Crippen LogP contribution in [0.4, 0.5) is 0 Å². The van der Waals surface area contributed by atoms with Gasteiger partial charge < -0.3 is 5.11 Å². The molecular weight excluding hydrogens is 315 g/mol. The van der Waals surface area contributed by atoms with E-state index in [0.717, 1.165) is 15.2 Å². The lowest BCUT2D eigenvalue weighted by Gasteiger charge is -2.00. The van der Waals surface area contributed by atoms with Gasteiger partial charge in [-0.2, -0.15) is 0 Å². The Balaban J connectivity index is 2.87. The highest BCUT2D eigenvalue weighted by Crippen LogP contribution is 2.34. The van der Waals surface area contributed by atoms with Gasteiger partial charge in [0.1, 0.15) is 0 Å². The van der Waals surface area contributed by atoms with E-state index >= 15 is 0 Å². The number of aliphatic hydroxyl groups excluding tert-OH is 1. The van der Waals surface area contributed by atoms with Crippen molar-refractivity contribution in [3.8, 4) is 0 Å². The number of thiophene rings is 1. The Labute approximate surface area is 99.3 Å². The zero-order valence-electron chi connectivity index (χ0n) is 6.62. The van der Waals surface area contributed by atoms with E-state index in [4.69, 9.17) is 5.11 Å². The predicted octanol–water partition coefficient (Wildman–Crippen LogP) is 3.29. The summed E-state index contributed by atoms with van der Waals surface area (Å²) >= 11 is 8.31. The second-order valence-electron chi connectivity index (χ2n) is 2.69. The first-order valence-corrected chi connectivity index (χ1v) is 6.13. The summed E-state index contributed by atoms with van der Waals surface area (Å²) in [6.45, 7) is 0.0984. The molecule has 0 atom stereocenters. The zero-order valence-corrected chi connectivity index (χ0v) is 10.5. The van der Waals surface area contributed by atoms with Crippen molar-refractivity contribution in [2.75, 3.05) is 0 Å². The summed E-state index contributed by atoms with van der Waals surface area (Å²) in [6, 6.07) is 3.98. The minimum atomic E-state index is 0.0984. The van der Waals surface area contributed by atoms with E-state index in [0.29, 0.717) is 0 Å². The van der Waals surface area contributed by atoms with Gasteiger partial charge in [0.05, 0.1) is 6.61 Å². The molecule has 2 rings (SSSR count). The van der Waals surface area contributed by atoms with Crippen LogP contribution in [0.15, 0.2) is 22.4 Å². The fraction of sp³-hybridized carbons (Fsp3) is 0.111. The molecule has 0 saturated heterocycles. The number of fused-ring (bicyclic) bond motifs is 1. The molecular formula is C9H7IOS2. The quantitative estimate of drug-likeness (QED) is 0.610. The fourth-order valence-corrected chi connectivity index (χ4v) is 3.84. The van der Waals surface area contributed by atoms with E-state index in [1.807, 2.05) is 17.5 Å². The topological polar surface area (TPSA) is 20.2 Å². The van der Waals surface area contributed by atoms with Gasteiger partial charge in [0, 0.05) is 23.9 Å². The summed E-state index contributed by atoms with van der Waals surface area (Å²) in [5.41, 5.74) is 0.987. The molecule has 0 unspecified atom stereocenters. The van der Waals surface area contributed by atoms with Gasteiger partial charge in [0.2, 0.25) is 0 Å². The maximum atomic E-state index is 9.12. The number of rotatable bonds is 1. The van der Waals surface area contributed by atoms with Crippen molar-refractivity contribution < 1.29 is 5.11 Å². The van der Waals surface area contributed by atoms with Crippen molar-refractivity contribution in [1.29, 1.82) is 0 Å². The van der Waals surface area contributed by atoms with Crippen LogP contribution in [0.1, 0.15) is 5.56 Å². The maximum absolute atomic E-state index is 9.12. The molecule has 4 heteroatoms. The van der Waals surface area contributed by atoms with Crippen LogP contribution in [0.5, 0.6) is 0 Å². The minimum Gasteiger partial charge on any atom is -0.392 e. The molecule has 0 bridgehead atoms. The SMILES string of the molecule is OCc1ccc(I)c2c(S)csc12. The van der Waals surface area contributed by atoms with Gasteiger partial charge in [-0.15, -0.1) is 24.0 Å². The molecule has 2 aromatic rings. The van der Waals surface area contributed by atoms with Gasteiger partial charge in [-0.05, 0) is 34.2 Å². The smallest absolute Gasteiger partial charge is 0.0695 e. The summed E-state index contributed by atoms with van der Waals surface area (Å²) in [4.78, 5) is 1.000. The van der Waals surface area contributed by atoms with E-state index < -0.39 is 0 Å². The predicted molar refractivity (Wildman–Crippen MR) is 67.7 cm³/mol. The molecule has 1 N–H and O–H groups in total. The third-order valence-electron chi connectivity index (χ3n) is 1.90. The zero-order chi connectivity index (χ0) is 9.42. The Morgan fingerprint density at radius 1 is 1.46 bits per heavy atom. The highest BCUT2D eigenvalue weighted by atomic mass is 127. The number of aliphatic hydroxyl groups is 1. The minimum absolute atomic E-state index is 0.0984. The van der Waals surface area contributed by atoms with E-state index in [-0.39, 0.29) is 6.61 Å². The molecule has 1 aromatic heterocycles. The number of hydrogen-bond donors (Lipinski definition) is 2. The van der Waals surface area contributed by atoms with Crippen LogP contribution in [0, 0.1) is 3.57 Å². The van der Waals surface area contributed by atoms with Gasteiger partial charge in [0.15, 0.2) is 0 Å². The normalized spacial score (nSPS) is 11.0. The van der Waals surface area contributed by atoms with E-state index in [9.17, 15) is 0 Å². The van der Waals surface area contributed by atoms with Crippen LogP contribution < -0.4 is 0 Å². The second kappa shape index (κ2) is 3.76. The first-order valence-electron chi connectivity index (χ1n) is 3.72. The van der Waals surface area contributed by atoms with Crippen molar-refractivity contribution >= 4 is 56.6 Å². The Hall–Kier alpha value is 0.220. The Kier molecular flexibility index (Phi) is 2.83. The van der Waals surface area contributed by atoms with Crippen LogP contribution in [0.25, 0.3) is 10.1 Å². The first kappa shape index (κ1) is 9.76. The molecule has 0 radical (unpaired) electrons. The van der Waals surface area contributed by atoms with Crippen molar-refractivity contribution in [3.63, 3.8) is 0 Å². The van der Waals surface area contributed by atoms with E-state index in [2.05, 4.69) is 35.2 Å². The molecule has 1 nitrogen and oxygen atoms in total. The van der Waals surface area contributed by atoms with Crippen LogP contribution in [-0.4, -0.2) is 5.11 Å². The lowest BCUT2D eigenvalue weighted by molar-refractivity contribution is 0.283. The molecule has 1 heterocycles. The number of hydrogen-bond acceptors (Lipinski definition) is 3. The molecule has 0 saturated carbocycles. The third kappa shape index (κ3) is 1.60. The molecule has 1 aromatic carbocycles. The highest BCUT2D eigenvalue weighted by Gasteiger charge is 2.08. The van der Waals surface area contributed by atoms with Crippen molar-refractivity contribution in [2.24, 2.45) is 0 Å². The lowest BCUT2D eigenvalue weighted by atomic mass is 10.2. The monoisotopic (exact) mass is 322 g/mol. The molecule has 0 aliphatic carbocycles. The van der Waals surface area contributed by atoms with Gasteiger partial charge in [0.25, 0.3) is 0 Å². The average molecular weight is 322 g/mol. The standard InChI is InChI=1S/C9H7IOS2/c10-6-2-1-5(3-11)9-8(6)7(12)4-13-9/h1-2,4,11-12H,3H2. The van der Waals surface area contributed by atoms with E-state index in [1.165, 1.54) is 8.96 Å². The second-order valence-corrected chi connectivity index (χ2v) is 5.21. The van der Waals surface area contributed by atoms with Crippen molar-refractivity contribution in [2.45, 2.75) is 11.5 Å². The molecule has 0 aliphatic heterocycles. The Morgan fingerprint density at radius 2 is 2.23 bits per heavy atom. The molecule has 68 valence electrons. The van der Waals surface area contributed by atoms with E-state index in [1.54, 1.807) is 11.3 Å². The van der Waals surface area contributed by atoms with Gasteiger partial charge in [-0.1, -0.05) is 6.07 Å². The largest absolute Gasteiger partial charge is 0.392 e. The van der Waals surface area contributed by atoms with Crippen molar-refractivity contribution in [1.82, 2.24) is 0 Å². The summed E-state index contributed by atoms with van der Waals surface area (Å²) in [5.74, 6) is 0. The first-order chi connectivity index (χ1) is 6.24. The van der Waals surface area contributed by atoms with Crippen molar-refractivity contribution in [3.05, 3.63) is 26.6 Å². The molecule has 0 spiro atoms. The molecule has 0 amide bonds. The van der Waals surface area contributed by atoms with Crippen LogP contribution in [-0.2, 0) is 6.61 Å². The average Bonchev–Trinajstić information content (AvgIpc) is 2.50. The van der Waals surface area contributed by atoms with Crippen LogP contribution in [0.2, 0.25) is 0 Å². The molecule has 13 heavy (non-hydrogen) atoms. The summed E-state index contributed by atoms with van der Waals surface area (Å²) in [6.07, 6.45) is 0. The summed E-state index contributed by atoms with van der Waals surface area (Å²) in [5, 5.41) is 12.3. The lowest BCUT2D eigenvalue weighted by Crippen LogP contribution is -1.84. The summed E-state index contributed by atoms with van der Waals surface area (Å²) < 4.78 is 2.34. The maximum Gasteiger partial charge on any atom is 0.0695 e. The highest BCUT2D eigenvalue weighted by molar-refractivity contribution is 14.1. The number of thiol groups is 1. The number of halogens is 1. The molecule has 0 aliphatic rings. The number of benzene rings is 1. The van der Waals surface area contributed by atoms with Crippen LogP contribution >= 0.6 is 46.6 Å².